The summed E-state index contributed by atoms with van der Waals surface area (Å²) >= 11 is 0. The Kier molecular flexibility index (Phi) is 6.49. The van der Waals surface area contributed by atoms with Crippen LogP contribution < -0.4 is 10.5 Å². The van der Waals surface area contributed by atoms with Crippen LogP contribution in [0.5, 0.6) is 0 Å². The summed E-state index contributed by atoms with van der Waals surface area (Å²) in [5.41, 5.74) is 1.11. The van der Waals surface area contributed by atoms with Gasteiger partial charge in [0.25, 0.3) is 0 Å². The molecule has 10 heteroatoms. The van der Waals surface area contributed by atoms with Crippen LogP contribution in [-0.2, 0) is 11.2 Å². The normalized spacial score (nSPS) is 14.9. The summed E-state index contributed by atoms with van der Waals surface area (Å²) in [4.78, 5) is 29.8. The Morgan fingerprint density at radius 3 is 2.42 bits per heavy atom. The molecule has 0 aliphatic carbocycles. The van der Waals surface area contributed by atoms with Gasteiger partial charge in [-0.3, -0.25) is 18.6 Å². The smallest absolute Gasteiger partial charge is 0.300 e. The molecule has 1 atom stereocenters. The fourth-order valence-corrected chi connectivity index (χ4v) is 4.58. The van der Waals surface area contributed by atoms with Crippen molar-refractivity contribution < 1.29 is 13.6 Å². The second-order valence-electron chi connectivity index (χ2n) is 9.12. The van der Waals surface area contributed by atoms with Crippen LogP contribution in [0.4, 0.5) is 14.5 Å². The molecule has 0 radical (unpaired) electrons. The molecule has 2 aromatic carbocycles. The van der Waals surface area contributed by atoms with Crippen LogP contribution in [0.1, 0.15) is 19.2 Å². The molecule has 1 saturated heterocycles. The van der Waals surface area contributed by atoms with Crippen molar-refractivity contribution in [3.05, 3.63) is 88.7 Å². The Balaban J connectivity index is 1.21. The third-order valence-corrected chi connectivity index (χ3v) is 6.51. The van der Waals surface area contributed by atoms with Gasteiger partial charge in [0.15, 0.2) is 0 Å². The molecule has 3 heterocycles. The quantitative estimate of drug-likeness (QED) is 0.414. The summed E-state index contributed by atoms with van der Waals surface area (Å²) in [6.07, 6.45) is 4.07. The lowest BCUT2D eigenvalue weighted by Crippen LogP contribution is -2.49. The van der Waals surface area contributed by atoms with E-state index in [2.05, 4.69) is 15.1 Å². The monoisotopic (exact) mass is 492 g/mol. The van der Waals surface area contributed by atoms with E-state index in [0.29, 0.717) is 50.5 Å². The number of carbonyl (C=O) groups excluding carboxylic acids is 1. The zero-order chi connectivity index (χ0) is 25.2. The van der Waals surface area contributed by atoms with Gasteiger partial charge in [-0.25, -0.2) is 8.78 Å². The maximum Gasteiger partial charge on any atom is 0.300 e. The number of halogens is 2. The van der Waals surface area contributed by atoms with E-state index in [1.54, 1.807) is 35.0 Å². The highest BCUT2D eigenvalue weighted by molar-refractivity contribution is 5.76. The van der Waals surface area contributed by atoms with E-state index >= 15 is 0 Å². The molecule has 0 N–H and O–H groups in total. The highest BCUT2D eigenvalue weighted by atomic mass is 19.1. The van der Waals surface area contributed by atoms with Gasteiger partial charge < -0.3 is 9.80 Å². The second-order valence-corrected chi connectivity index (χ2v) is 9.12. The van der Waals surface area contributed by atoms with Crippen molar-refractivity contribution >= 4 is 17.2 Å². The summed E-state index contributed by atoms with van der Waals surface area (Å²) in [7, 11) is 0. The molecule has 0 unspecified atom stereocenters. The molecule has 1 fully saturated rings. The zero-order valence-electron chi connectivity index (χ0n) is 19.8. The van der Waals surface area contributed by atoms with E-state index in [-0.39, 0.29) is 23.3 Å². The summed E-state index contributed by atoms with van der Waals surface area (Å²) in [5.74, 6) is -0.0415. The van der Waals surface area contributed by atoms with E-state index in [9.17, 15) is 18.4 Å². The highest BCUT2D eigenvalue weighted by Crippen LogP contribution is 2.19. The van der Waals surface area contributed by atoms with Gasteiger partial charge in [0, 0.05) is 57.1 Å². The number of anilines is 1. The van der Waals surface area contributed by atoms with Gasteiger partial charge in [-0.1, -0.05) is 13.0 Å². The predicted octanol–water partition coefficient (Wildman–Crippen LogP) is 3.08. The lowest BCUT2D eigenvalue weighted by atomic mass is 10.0. The first-order valence-electron chi connectivity index (χ1n) is 11.9. The zero-order valence-corrected chi connectivity index (χ0v) is 19.8. The van der Waals surface area contributed by atoms with E-state index in [1.165, 1.54) is 34.9 Å². The van der Waals surface area contributed by atoms with Crippen LogP contribution in [0.25, 0.3) is 11.3 Å². The molecule has 186 valence electrons. The Morgan fingerprint density at radius 2 is 1.69 bits per heavy atom. The molecule has 1 amide bonds. The number of amides is 1. The Bertz CT molecular complexity index is 1440. The van der Waals surface area contributed by atoms with E-state index in [4.69, 9.17) is 0 Å². The molecule has 5 rings (SSSR count). The Labute approximate surface area is 206 Å². The summed E-state index contributed by atoms with van der Waals surface area (Å²) < 4.78 is 29.7. The minimum atomic E-state index is -0.434. The van der Waals surface area contributed by atoms with Gasteiger partial charge in [0.05, 0.1) is 5.69 Å². The summed E-state index contributed by atoms with van der Waals surface area (Å²) in [5, 5.41) is 8.24. The molecule has 0 bridgehead atoms. The SMILES string of the molecule is C[C@@H](CC(=O)N1CCN(c2ccc(F)cc2)CC1)Cc1nnc2c(=O)n(-c3cccc(F)c3)ccn12. The van der Waals surface area contributed by atoms with Crippen molar-refractivity contribution in [3.63, 3.8) is 0 Å². The molecule has 1 aliphatic heterocycles. The third-order valence-electron chi connectivity index (χ3n) is 6.51. The highest BCUT2D eigenvalue weighted by Gasteiger charge is 2.23. The Morgan fingerprint density at radius 1 is 0.944 bits per heavy atom. The summed E-state index contributed by atoms with van der Waals surface area (Å²) in [6.45, 7) is 4.57. The number of benzene rings is 2. The molecule has 0 spiro atoms. The largest absolute Gasteiger partial charge is 0.368 e. The van der Waals surface area contributed by atoms with Crippen molar-refractivity contribution in [1.29, 1.82) is 0 Å². The third kappa shape index (κ3) is 4.84. The molecule has 2 aromatic heterocycles. The lowest BCUT2D eigenvalue weighted by Gasteiger charge is -2.36. The van der Waals surface area contributed by atoms with Crippen molar-refractivity contribution in [1.82, 2.24) is 24.1 Å². The van der Waals surface area contributed by atoms with E-state index < -0.39 is 11.4 Å². The average molecular weight is 493 g/mol. The first kappa shape index (κ1) is 23.7. The van der Waals surface area contributed by atoms with Crippen molar-refractivity contribution in [2.45, 2.75) is 19.8 Å². The molecular formula is C26H26F2N6O2. The van der Waals surface area contributed by atoms with Gasteiger partial charge in [-0.15, -0.1) is 10.2 Å². The van der Waals surface area contributed by atoms with Crippen LogP contribution in [0, 0.1) is 17.6 Å². The number of fused-ring (bicyclic) bond motifs is 1. The van der Waals surface area contributed by atoms with Gasteiger partial charge >= 0.3 is 5.56 Å². The maximum absolute atomic E-state index is 13.6. The van der Waals surface area contributed by atoms with Gasteiger partial charge in [-0.05, 0) is 48.4 Å². The van der Waals surface area contributed by atoms with Gasteiger partial charge in [-0.2, -0.15) is 0 Å². The van der Waals surface area contributed by atoms with Gasteiger partial charge in [0.1, 0.15) is 17.5 Å². The minimum Gasteiger partial charge on any atom is -0.368 e. The Hall–Kier alpha value is -4.08. The minimum absolute atomic E-state index is 0.00863. The number of carbonyl (C=O) groups is 1. The van der Waals surface area contributed by atoms with Crippen LogP contribution in [0.2, 0.25) is 0 Å². The number of nitrogens with zero attached hydrogens (tertiary/aromatic N) is 6. The van der Waals surface area contributed by atoms with Crippen LogP contribution >= 0.6 is 0 Å². The first-order valence-corrected chi connectivity index (χ1v) is 11.9. The molecule has 0 saturated carbocycles. The second kappa shape index (κ2) is 9.88. The summed E-state index contributed by atoms with van der Waals surface area (Å²) in [6, 6.07) is 12.2. The average Bonchev–Trinajstić information content (AvgIpc) is 3.28. The van der Waals surface area contributed by atoms with E-state index in [1.807, 2.05) is 11.8 Å². The number of hydrogen-bond acceptors (Lipinski definition) is 5. The van der Waals surface area contributed by atoms with Crippen LogP contribution in [-0.4, -0.2) is 56.2 Å². The van der Waals surface area contributed by atoms with Crippen molar-refractivity contribution in [2.24, 2.45) is 5.92 Å². The number of aromatic nitrogens is 4. The topological polar surface area (TPSA) is 75.7 Å². The first-order chi connectivity index (χ1) is 17.4. The van der Waals surface area contributed by atoms with Crippen molar-refractivity contribution in [3.8, 4) is 5.69 Å². The standard InChI is InChI=1S/C26H26F2N6O2/c1-18(16-24(35)32-11-9-31(10-12-32)21-7-5-19(27)6-8-21)15-23-29-30-25-26(36)33(13-14-34(23)25)22-4-2-3-20(28)17-22/h2-8,13-14,17-18H,9-12,15-16H2,1H3/t18-/m1/s1. The number of piperazine rings is 1. The van der Waals surface area contributed by atoms with Crippen LogP contribution in [0.15, 0.2) is 65.7 Å². The molecule has 4 aromatic rings. The lowest BCUT2D eigenvalue weighted by molar-refractivity contribution is -0.132. The number of rotatable bonds is 6. The number of hydrogen-bond donors (Lipinski definition) is 0. The molecular weight excluding hydrogens is 466 g/mol. The molecule has 1 aliphatic rings. The molecule has 36 heavy (non-hydrogen) atoms. The molecule has 8 nitrogen and oxygen atoms in total. The van der Waals surface area contributed by atoms with E-state index in [0.717, 1.165) is 5.69 Å². The fourth-order valence-electron chi connectivity index (χ4n) is 4.58. The van der Waals surface area contributed by atoms with Crippen molar-refractivity contribution in [2.75, 3.05) is 31.1 Å². The fraction of sp³-hybridized carbons (Fsp3) is 0.308. The van der Waals surface area contributed by atoms with Gasteiger partial charge in [0.2, 0.25) is 11.6 Å². The van der Waals surface area contributed by atoms with Crippen LogP contribution in [0.3, 0.4) is 0 Å². The predicted molar refractivity (Wildman–Crippen MR) is 131 cm³/mol. The maximum atomic E-state index is 13.6.